The molecule has 0 unspecified atom stereocenters. The normalized spacial score (nSPS) is 10.5. The van der Waals surface area contributed by atoms with Crippen molar-refractivity contribution in [2.45, 2.75) is 26.7 Å². The van der Waals surface area contributed by atoms with Crippen LogP contribution in [0.15, 0.2) is 28.8 Å². The molecule has 0 aliphatic heterocycles. The maximum absolute atomic E-state index is 11.5. The van der Waals surface area contributed by atoms with Gasteiger partial charge in [0.25, 0.3) is 0 Å². The average Bonchev–Trinajstić information content (AvgIpc) is 2.84. The van der Waals surface area contributed by atoms with Crippen LogP contribution in [0.2, 0.25) is 0 Å². The Labute approximate surface area is 117 Å². The third-order valence-electron chi connectivity index (χ3n) is 2.90. The Kier molecular flexibility index (Phi) is 4.40. The number of hydrogen-bond acceptors (Lipinski definition) is 4. The summed E-state index contributed by atoms with van der Waals surface area (Å²) in [5.74, 6) is -0.0221. The second kappa shape index (κ2) is 6.23. The largest absolute Gasteiger partial charge is 0.493 e. The van der Waals surface area contributed by atoms with Crippen LogP contribution in [-0.4, -0.2) is 22.8 Å². The molecule has 0 fully saturated rings. The van der Waals surface area contributed by atoms with Crippen molar-refractivity contribution in [1.29, 1.82) is 0 Å². The third-order valence-corrected chi connectivity index (χ3v) is 2.90. The first-order chi connectivity index (χ1) is 9.69. The molecule has 0 saturated carbocycles. The summed E-state index contributed by atoms with van der Waals surface area (Å²) in [6.45, 7) is 4.33. The van der Waals surface area contributed by atoms with Crippen molar-refractivity contribution in [3.8, 4) is 17.0 Å². The molecule has 5 nitrogen and oxygen atoms in total. The summed E-state index contributed by atoms with van der Waals surface area (Å²) in [5, 5.41) is 13.3. The van der Waals surface area contributed by atoms with Gasteiger partial charge in [-0.1, -0.05) is 24.2 Å². The quantitative estimate of drug-likeness (QED) is 0.874. The smallest absolute Gasteiger partial charge is 0.341 e. The highest BCUT2D eigenvalue weighted by Gasteiger charge is 2.24. The van der Waals surface area contributed by atoms with Gasteiger partial charge in [0, 0.05) is 12.0 Å². The van der Waals surface area contributed by atoms with E-state index >= 15 is 0 Å². The molecule has 2 aromatic rings. The minimum Gasteiger partial charge on any atom is -0.493 e. The van der Waals surface area contributed by atoms with Gasteiger partial charge in [-0.2, -0.15) is 0 Å². The van der Waals surface area contributed by atoms with Crippen LogP contribution in [0.4, 0.5) is 0 Å². The lowest BCUT2D eigenvalue weighted by Gasteiger charge is -2.08. The number of nitrogens with zero attached hydrogens (tertiary/aromatic N) is 1. The number of para-hydroxylation sites is 1. The Bertz CT molecular complexity index is 604. The molecular formula is C15H17NO4. The predicted molar refractivity (Wildman–Crippen MR) is 74.1 cm³/mol. The van der Waals surface area contributed by atoms with Crippen molar-refractivity contribution >= 4 is 5.97 Å². The van der Waals surface area contributed by atoms with Crippen molar-refractivity contribution in [3.05, 3.63) is 35.6 Å². The standard InChI is InChI=1S/C15H17NO4/c1-3-7-12-13(15(17)18)14(16-20-12)10-8-5-6-9-11(10)19-4-2/h5-6,8-9H,3-4,7H2,1-2H3,(H,17,18). The monoisotopic (exact) mass is 275 g/mol. The minimum absolute atomic E-state index is 0.124. The molecule has 1 heterocycles. The van der Waals surface area contributed by atoms with Crippen LogP contribution in [-0.2, 0) is 6.42 Å². The van der Waals surface area contributed by atoms with E-state index in [9.17, 15) is 9.90 Å². The SMILES string of the molecule is CCCc1onc(-c2ccccc2OCC)c1C(=O)O. The Hall–Kier alpha value is -2.30. The fourth-order valence-corrected chi connectivity index (χ4v) is 2.07. The fourth-order valence-electron chi connectivity index (χ4n) is 2.07. The molecule has 106 valence electrons. The van der Waals surface area contributed by atoms with Gasteiger partial charge in [-0.25, -0.2) is 4.79 Å². The first kappa shape index (κ1) is 14.1. The summed E-state index contributed by atoms with van der Waals surface area (Å²) in [6.07, 6.45) is 1.34. The van der Waals surface area contributed by atoms with Crippen LogP contribution >= 0.6 is 0 Å². The van der Waals surface area contributed by atoms with Crippen molar-refractivity contribution in [3.63, 3.8) is 0 Å². The Morgan fingerprint density at radius 1 is 1.35 bits per heavy atom. The number of benzene rings is 1. The Balaban J connectivity index is 2.55. The van der Waals surface area contributed by atoms with Gasteiger partial charge < -0.3 is 14.4 Å². The molecule has 2 rings (SSSR count). The molecule has 0 saturated heterocycles. The van der Waals surface area contributed by atoms with Gasteiger partial charge >= 0.3 is 5.97 Å². The van der Waals surface area contributed by atoms with Gasteiger partial charge in [0.05, 0.1) is 6.61 Å². The van der Waals surface area contributed by atoms with E-state index in [0.29, 0.717) is 35.8 Å². The first-order valence-corrected chi connectivity index (χ1v) is 6.63. The number of hydrogen-bond donors (Lipinski definition) is 1. The van der Waals surface area contributed by atoms with E-state index in [2.05, 4.69) is 5.16 Å². The van der Waals surface area contributed by atoms with Gasteiger partial charge in [0.15, 0.2) is 5.76 Å². The number of aromatic nitrogens is 1. The number of ether oxygens (including phenoxy) is 1. The van der Waals surface area contributed by atoms with Crippen LogP contribution in [0.25, 0.3) is 11.3 Å². The number of carboxylic acid groups (broad SMARTS) is 1. The van der Waals surface area contributed by atoms with Crippen molar-refractivity contribution in [2.24, 2.45) is 0 Å². The highest BCUT2D eigenvalue weighted by atomic mass is 16.5. The van der Waals surface area contributed by atoms with E-state index in [-0.39, 0.29) is 5.56 Å². The van der Waals surface area contributed by atoms with E-state index in [1.165, 1.54) is 0 Å². The summed E-state index contributed by atoms with van der Waals surface area (Å²) >= 11 is 0. The van der Waals surface area contributed by atoms with E-state index in [1.54, 1.807) is 12.1 Å². The van der Waals surface area contributed by atoms with Crippen LogP contribution in [0.5, 0.6) is 5.75 Å². The summed E-state index contributed by atoms with van der Waals surface area (Å²) in [7, 11) is 0. The van der Waals surface area contributed by atoms with Gasteiger partial charge in [0.2, 0.25) is 0 Å². The second-order valence-electron chi connectivity index (χ2n) is 4.31. The van der Waals surface area contributed by atoms with Crippen LogP contribution < -0.4 is 4.74 Å². The zero-order valence-electron chi connectivity index (χ0n) is 11.5. The molecule has 1 aromatic heterocycles. The average molecular weight is 275 g/mol. The van der Waals surface area contributed by atoms with Crippen LogP contribution in [0.1, 0.15) is 36.4 Å². The highest BCUT2D eigenvalue weighted by molar-refractivity contribution is 5.96. The molecule has 0 aliphatic rings. The fraction of sp³-hybridized carbons (Fsp3) is 0.333. The van der Waals surface area contributed by atoms with E-state index in [0.717, 1.165) is 6.42 Å². The molecule has 1 N–H and O–H groups in total. The molecule has 1 aromatic carbocycles. The minimum atomic E-state index is -1.03. The molecule has 0 aliphatic carbocycles. The number of carboxylic acids is 1. The zero-order chi connectivity index (χ0) is 14.5. The van der Waals surface area contributed by atoms with E-state index in [1.807, 2.05) is 26.0 Å². The predicted octanol–water partition coefficient (Wildman–Crippen LogP) is 3.39. The van der Waals surface area contributed by atoms with E-state index < -0.39 is 5.97 Å². The van der Waals surface area contributed by atoms with Gasteiger partial charge in [-0.05, 0) is 25.5 Å². The maximum Gasteiger partial charge on any atom is 0.341 e. The Morgan fingerprint density at radius 3 is 2.75 bits per heavy atom. The number of carbonyl (C=O) groups is 1. The Morgan fingerprint density at radius 2 is 2.10 bits per heavy atom. The van der Waals surface area contributed by atoms with E-state index in [4.69, 9.17) is 9.26 Å². The highest BCUT2D eigenvalue weighted by Crippen LogP contribution is 2.33. The lowest BCUT2D eigenvalue weighted by molar-refractivity contribution is 0.0695. The molecular weight excluding hydrogens is 258 g/mol. The third kappa shape index (κ3) is 2.66. The summed E-state index contributed by atoms with van der Waals surface area (Å²) in [5.41, 5.74) is 1.09. The molecule has 0 atom stereocenters. The molecule has 20 heavy (non-hydrogen) atoms. The van der Waals surface area contributed by atoms with Crippen molar-refractivity contribution in [1.82, 2.24) is 5.16 Å². The van der Waals surface area contributed by atoms with Crippen molar-refractivity contribution in [2.75, 3.05) is 6.61 Å². The molecule has 0 bridgehead atoms. The number of aromatic carboxylic acids is 1. The summed E-state index contributed by atoms with van der Waals surface area (Å²) in [4.78, 5) is 11.5. The lowest BCUT2D eigenvalue weighted by Crippen LogP contribution is -2.02. The number of rotatable bonds is 6. The summed E-state index contributed by atoms with van der Waals surface area (Å²) < 4.78 is 10.7. The van der Waals surface area contributed by atoms with Crippen LogP contribution in [0, 0.1) is 0 Å². The molecule has 0 radical (unpaired) electrons. The topological polar surface area (TPSA) is 72.6 Å². The summed E-state index contributed by atoms with van der Waals surface area (Å²) in [6, 6.07) is 7.23. The molecule has 5 heteroatoms. The number of aryl methyl sites for hydroxylation is 1. The van der Waals surface area contributed by atoms with Gasteiger partial charge in [0.1, 0.15) is 17.0 Å². The van der Waals surface area contributed by atoms with Gasteiger partial charge in [-0.15, -0.1) is 0 Å². The van der Waals surface area contributed by atoms with Crippen molar-refractivity contribution < 1.29 is 19.2 Å². The molecule has 0 amide bonds. The molecule has 0 spiro atoms. The second-order valence-corrected chi connectivity index (χ2v) is 4.31. The lowest BCUT2D eigenvalue weighted by atomic mass is 10.0. The van der Waals surface area contributed by atoms with Gasteiger partial charge in [-0.3, -0.25) is 0 Å². The first-order valence-electron chi connectivity index (χ1n) is 6.63. The maximum atomic E-state index is 11.5. The van der Waals surface area contributed by atoms with Crippen LogP contribution in [0.3, 0.4) is 0 Å². The zero-order valence-corrected chi connectivity index (χ0v) is 11.5.